The van der Waals surface area contributed by atoms with Crippen molar-refractivity contribution in [1.29, 1.82) is 0 Å². The van der Waals surface area contributed by atoms with Gasteiger partial charge in [0.15, 0.2) is 0 Å². The third kappa shape index (κ3) is 6.50. The largest absolute Gasteiger partial charge is 0.494 e. The molecule has 1 rings (SSSR count). The SMILES string of the molecule is CC(C)(C)NC(=O)CCCOc1ccc(Cl)cc1. The van der Waals surface area contributed by atoms with Crippen LogP contribution in [-0.2, 0) is 4.79 Å². The number of ether oxygens (including phenoxy) is 1. The van der Waals surface area contributed by atoms with Crippen molar-refractivity contribution in [2.45, 2.75) is 39.2 Å². The van der Waals surface area contributed by atoms with Crippen LogP contribution in [0.4, 0.5) is 0 Å². The Balaban J connectivity index is 2.19. The quantitative estimate of drug-likeness (QED) is 0.832. The highest BCUT2D eigenvalue weighted by Crippen LogP contribution is 2.15. The molecule has 0 fully saturated rings. The summed E-state index contributed by atoms with van der Waals surface area (Å²) in [6.07, 6.45) is 1.18. The van der Waals surface area contributed by atoms with Crippen molar-refractivity contribution in [3.05, 3.63) is 29.3 Å². The summed E-state index contributed by atoms with van der Waals surface area (Å²) >= 11 is 5.77. The average Bonchev–Trinajstić information content (AvgIpc) is 2.24. The predicted octanol–water partition coefficient (Wildman–Crippen LogP) is 3.41. The first-order chi connectivity index (χ1) is 8.37. The van der Waals surface area contributed by atoms with E-state index in [1.54, 1.807) is 12.1 Å². The topological polar surface area (TPSA) is 38.3 Å². The second-order valence-electron chi connectivity index (χ2n) is 5.20. The molecule has 0 heterocycles. The molecule has 0 aliphatic rings. The number of benzene rings is 1. The molecule has 0 bridgehead atoms. The smallest absolute Gasteiger partial charge is 0.220 e. The van der Waals surface area contributed by atoms with E-state index in [1.165, 1.54) is 0 Å². The van der Waals surface area contributed by atoms with Crippen molar-refractivity contribution in [2.24, 2.45) is 0 Å². The number of carbonyl (C=O) groups excluding carboxylic acids is 1. The van der Waals surface area contributed by atoms with E-state index in [-0.39, 0.29) is 11.4 Å². The Kier molecular flexibility index (Phi) is 5.48. The number of rotatable bonds is 5. The standard InChI is InChI=1S/C14H20ClNO2/c1-14(2,3)16-13(17)5-4-10-18-12-8-6-11(15)7-9-12/h6-9H,4-5,10H2,1-3H3,(H,16,17). The molecular weight excluding hydrogens is 250 g/mol. The molecule has 18 heavy (non-hydrogen) atoms. The Morgan fingerprint density at radius 1 is 1.28 bits per heavy atom. The van der Waals surface area contributed by atoms with Crippen LogP contribution < -0.4 is 10.1 Å². The van der Waals surface area contributed by atoms with Gasteiger partial charge in [0.05, 0.1) is 6.61 Å². The average molecular weight is 270 g/mol. The van der Waals surface area contributed by atoms with E-state index in [1.807, 2.05) is 32.9 Å². The van der Waals surface area contributed by atoms with E-state index in [4.69, 9.17) is 16.3 Å². The number of amides is 1. The molecule has 0 saturated heterocycles. The van der Waals surface area contributed by atoms with Crippen LogP contribution in [0.25, 0.3) is 0 Å². The first-order valence-corrected chi connectivity index (χ1v) is 6.44. The lowest BCUT2D eigenvalue weighted by molar-refractivity contribution is -0.122. The zero-order chi connectivity index (χ0) is 13.6. The highest BCUT2D eigenvalue weighted by molar-refractivity contribution is 6.30. The normalized spacial score (nSPS) is 11.1. The highest BCUT2D eigenvalue weighted by Gasteiger charge is 2.12. The minimum atomic E-state index is -0.173. The maximum absolute atomic E-state index is 11.5. The van der Waals surface area contributed by atoms with Crippen molar-refractivity contribution in [3.63, 3.8) is 0 Å². The van der Waals surface area contributed by atoms with Gasteiger partial charge in [0.25, 0.3) is 0 Å². The fourth-order valence-corrected chi connectivity index (χ4v) is 1.56. The van der Waals surface area contributed by atoms with Gasteiger partial charge in [-0.1, -0.05) is 11.6 Å². The van der Waals surface area contributed by atoms with E-state index >= 15 is 0 Å². The minimum Gasteiger partial charge on any atom is -0.494 e. The third-order valence-corrected chi connectivity index (χ3v) is 2.40. The number of hydrogen-bond acceptors (Lipinski definition) is 2. The van der Waals surface area contributed by atoms with Gasteiger partial charge >= 0.3 is 0 Å². The van der Waals surface area contributed by atoms with E-state index in [2.05, 4.69) is 5.32 Å². The van der Waals surface area contributed by atoms with Gasteiger partial charge in [0.2, 0.25) is 5.91 Å². The second-order valence-corrected chi connectivity index (χ2v) is 5.64. The molecule has 0 saturated carbocycles. The van der Waals surface area contributed by atoms with Crippen LogP contribution in [0.5, 0.6) is 5.75 Å². The van der Waals surface area contributed by atoms with Crippen molar-refractivity contribution in [2.75, 3.05) is 6.61 Å². The van der Waals surface area contributed by atoms with Crippen molar-refractivity contribution in [3.8, 4) is 5.75 Å². The first-order valence-electron chi connectivity index (χ1n) is 6.06. The fraction of sp³-hybridized carbons (Fsp3) is 0.500. The van der Waals surface area contributed by atoms with Gasteiger partial charge in [-0.25, -0.2) is 0 Å². The molecule has 0 spiro atoms. The molecule has 0 atom stereocenters. The Hall–Kier alpha value is -1.22. The number of nitrogens with one attached hydrogen (secondary N) is 1. The molecular formula is C14H20ClNO2. The van der Waals surface area contributed by atoms with Gasteiger partial charge in [0.1, 0.15) is 5.75 Å². The summed E-state index contributed by atoms with van der Waals surface area (Å²) in [6, 6.07) is 7.20. The van der Waals surface area contributed by atoms with E-state index in [9.17, 15) is 4.79 Å². The lowest BCUT2D eigenvalue weighted by Gasteiger charge is -2.20. The summed E-state index contributed by atoms with van der Waals surface area (Å²) in [5, 5.41) is 3.60. The Morgan fingerprint density at radius 3 is 2.44 bits per heavy atom. The maximum atomic E-state index is 11.5. The van der Waals surface area contributed by atoms with Crippen LogP contribution in [0, 0.1) is 0 Å². The number of hydrogen-bond donors (Lipinski definition) is 1. The fourth-order valence-electron chi connectivity index (χ4n) is 1.43. The first kappa shape index (κ1) is 14.8. The minimum absolute atomic E-state index is 0.0576. The lowest BCUT2D eigenvalue weighted by Crippen LogP contribution is -2.40. The Labute approximate surface area is 113 Å². The van der Waals surface area contributed by atoms with E-state index < -0.39 is 0 Å². The van der Waals surface area contributed by atoms with E-state index in [0.29, 0.717) is 24.5 Å². The Morgan fingerprint density at radius 2 is 1.89 bits per heavy atom. The van der Waals surface area contributed by atoms with Crippen LogP contribution in [0.15, 0.2) is 24.3 Å². The molecule has 0 aliphatic carbocycles. The van der Waals surface area contributed by atoms with Crippen LogP contribution in [0.3, 0.4) is 0 Å². The highest BCUT2D eigenvalue weighted by atomic mass is 35.5. The Bertz CT molecular complexity index is 382. The molecule has 0 aliphatic heterocycles. The van der Waals surface area contributed by atoms with Crippen molar-refractivity contribution >= 4 is 17.5 Å². The van der Waals surface area contributed by atoms with Crippen LogP contribution in [0.2, 0.25) is 5.02 Å². The monoisotopic (exact) mass is 269 g/mol. The van der Waals surface area contributed by atoms with Gasteiger partial charge in [0, 0.05) is 17.0 Å². The molecule has 0 radical (unpaired) electrons. The molecule has 4 heteroatoms. The summed E-state index contributed by atoms with van der Waals surface area (Å²) in [6.45, 7) is 6.43. The summed E-state index contributed by atoms with van der Waals surface area (Å²) in [7, 11) is 0. The molecule has 0 aromatic heterocycles. The molecule has 1 aromatic rings. The zero-order valence-electron chi connectivity index (χ0n) is 11.1. The van der Waals surface area contributed by atoms with E-state index in [0.717, 1.165) is 5.75 Å². The molecule has 0 unspecified atom stereocenters. The predicted molar refractivity (Wildman–Crippen MR) is 74.1 cm³/mol. The van der Waals surface area contributed by atoms with Crippen molar-refractivity contribution < 1.29 is 9.53 Å². The van der Waals surface area contributed by atoms with Gasteiger partial charge in [-0.3, -0.25) is 4.79 Å². The molecule has 1 aromatic carbocycles. The molecule has 1 amide bonds. The van der Waals surface area contributed by atoms with Gasteiger partial charge < -0.3 is 10.1 Å². The van der Waals surface area contributed by atoms with Crippen LogP contribution in [0.1, 0.15) is 33.6 Å². The summed E-state index contributed by atoms with van der Waals surface area (Å²) < 4.78 is 5.50. The third-order valence-electron chi connectivity index (χ3n) is 2.14. The molecule has 1 N–H and O–H groups in total. The number of halogens is 1. The summed E-state index contributed by atoms with van der Waals surface area (Å²) in [5.74, 6) is 0.831. The summed E-state index contributed by atoms with van der Waals surface area (Å²) in [5.41, 5.74) is -0.173. The van der Waals surface area contributed by atoms with Gasteiger partial charge in [-0.15, -0.1) is 0 Å². The lowest BCUT2D eigenvalue weighted by atomic mass is 10.1. The maximum Gasteiger partial charge on any atom is 0.220 e. The van der Waals surface area contributed by atoms with Gasteiger partial charge in [-0.05, 0) is 51.5 Å². The summed E-state index contributed by atoms with van der Waals surface area (Å²) in [4.78, 5) is 11.5. The van der Waals surface area contributed by atoms with Crippen molar-refractivity contribution in [1.82, 2.24) is 5.32 Å². The van der Waals surface area contributed by atoms with Crippen LogP contribution >= 0.6 is 11.6 Å². The van der Waals surface area contributed by atoms with Gasteiger partial charge in [-0.2, -0.15) is 0 Å². The molecule has 100 valence electrons. The zero-order valence-corrected chi connectivity index (χ0v) is 11.9. The number of carbonyl (C=O) groups is 1. The second kappa shape index (κ2) is 6.64. The van der Waals surface area contributed by atoms with Crippen LogP contribution in [-0.4, -0.2) is 18.1 Å². The molecule has 3 nitrogen and oxygen atoms in total.